The molecule has 3 rings (SSSR count). The van der Waals surface area contributed by atoms with Crippen LogP contribution < -0.4 is 14.9 Å². The Bertz CT molecular complexity index is 892. The first kappa shape index (κ1) is 24.1. The maximum absolute atomic E-state index is 14.6. The molecule has 32 heavy (non-hydrogen) atoms. The molecule has 0 bridgehead atoms. The van der Waals surface area contributed by atoms with Crippen LogP contribution in [0.15, 0.2) is 42.5 Å². The largest absolute Gasteiger partial charge is 0.494 e. The predicted molar refractivity (Wildman–Crippen MR) is 120 cm³/mol. The summed E-state index contributed by atoms with van der Waals surface area (Å²) in [6, 6.07) is 11.2. The van der Waals surface area contributed by atoms with Crippen molar-refractivity contribution in [3.05, 3.63) is 48.3 Å². The molecule has 2 aromatic rings. The van der Waals surface area contributed by atoms with E-state index in [2.05, 4.69) is 13.8 Å². The second-order valence-corrected chi connectivity index (χ2v) is 8.66. The van der Waals surface area contributed by atoms with Gasteiger partial charge in [-0.15, -0.1) is 0 Å². The van der Waals surface area contributed by atoms with Gasteiger partial charge in [-0.1, -0.05) is 33.3 Å². The van der Waals surface area contributed by atoms with Crippen LogP contribution in [0, 0.1) is 11.2 Å². The highest BCUT2D eigenvalue weighted by molar-refractivity contribution is 6.61. The monoisotopic (exact) mass is 444 g/mol. The normalized spacial score (nSPS) is 16.3. The van der Waals surface area contributed by atoms with Gasteiger partial charge in [0.05, 0.1) is 6.61 Å². The zero-order valence-electron chi connectivity index (χ0n) is 19.1. The molecule has 1 atom stereocenters. The summed E-state index contributed by atoms with van der Waals surface area (Å²) in [5.74, 6) is 0.0990. The second kappa shape index (κ2) is 10.8. The van der Waals surface area contributed by atoms with Gasteiger partial charge in [-0.05, 0) is 55.2 Å². The van der Waals surface area contributed by atoms with Crippen LogP contribution in [0.2, 0.25) is 0 Å². The molecule has 2 aromatic carbocycles. The van der Waals surface area contributed by atoms with E-state index in [9.17, 15) is 9.18 Å². The number of hydrogen-bond donors (Lipinski definition) is 0. The molecule has 1 saturated heterocycles. The van der Waals surface area contributed by atoms with Crippen LogP contribution in [0.1, 0.15) is 40.5 Å². The van der Waals surface area contributed by atoms with Crippen LogP contribution in [-0.2, 0) is 18.8 Å². The smallest absolute Gasteiger partial charge is 0.479 e. The molecule has 0 aromatic heterocycles. The van der Waals surface area contributed by atoms with Gasteiger partial charge in [0, 0.05) is 18.6 Å². The maximum Gasteiger partial charge on any atom is 0.494 e. The molecule has 0 radical (unpaired) electrons. The van der Waals surface area contributed by atoms with Crippen molar-refractivity contribution in [2.45, 2.75) is 46.6 Å². The summed E-state index contributed by atoms with van der Waals surface area (Å²) in [5.41, 5.74) is 0.551. The first-order chi connectivity index (χ1) is 15.3. The fraction of sp³-hybridized carbons (Fsp3) is 0.458. The van der Waals surface area contributed by atoms with Gasteiger partial charge in [0.2, 0.25) is 0 Å². The van der Waals surface area contributed by atoms with E-state index in [-0.39, 0.29) is 11.2 Å². The van der Waals surface area contributed by atoms with Gasteiger partial charge in [-0.2, -0.15) is 0 Å². The first-order valence-electron chi connectivity index (χ1n) is 10.9. The minimum Gasteiger partial charge on any atom is -0.479 e. The lowest BCUT2D eigenvalue weighted by Crippen LogP contribution is -2.47. The summed E-state index contributed by atoms with van der Waals surface area (Å²) in [6.07, 6.45) is 1.05. The lowest BCUT2D eigenvalue weighted by molar-refractivity contribution is -0.151. The Labute approximate surface area is 189 Å². The Morgan fingerprint density at radius 3 is 2.41 bits per heavy atom. The van der Waals surface area contributed by atoms with Crippen LogP contribution in [-0.4, -0.2) is 39.0 Å². The predicted octanol–water partition coefficient (Wildman–Crippen LogP) is 4.50. The number of halogens is 1. The summed E-state index contributed by atoms with van der Waals surface area (Å²) in [7, 11) is -0.585. The molecule has 1 fully saturated rings. The minimum absolute atomic E-state index is 0.0544. The second-order valence-electron chi connectivity index (χ2n) is 8.66. The van der Waals surface area contributed by atoms with Crippen molar-refractivity contribution in [1.82, 2.24) is 0 Å². The summed E-state index contributed by atoms with van der Waals surface area (Å²) < 4.78 is 42.4. The van der Waals surface area contributed by atoms with Crippen LogP contribution in [0.25, 0.3) is 0 Å². The zero-order chi connectivity index (χ0) is 23.1. The van der Waals surface area contributed by atoms with Crippen molar-refractivity contribution in [2.75, 3.05) is 19.8 Å². The maximum atomic E-state index is 14.6. The van der Waals surface area contributed by atoms with Crippen molar-refractivity contribution in [2.24, 2.45) is 5.41 Å². The van der Waals surface area contributed by atoms with Crippen molar-refractivity contribution in [3.63, 3.8) is 0 Å². The molecule has 8 heteroatoms. The average molecular weight is 444 g/mol. The average Bonchev–Trinajstić information content (AvgIpc) is 2.76. The molecule has 0 aliphatic carbocycles. The highest BCUT2D eigenvalue weighted by Gasteiger charge is 2.33. The molecule has 0 N–H and O–H groups in total. The Morgan fingerprint density at radius 2 is 1.78 bits per heavy atom. The molecular formula is C24H30BFO6. The summed E-state index contributed by atoms with van der Waals surface area (Å²) in [6.45, 7) is 9.24. The number of benzene rings is 2. The van der Waals surface area contributed by atoms with Crippen molar-refractivity contribution >= 4 is 18.6 Å². The van der Waals surface area contributed by atoms with E-state index >= 15 is 0 Å². The van der Waals surface area contributed by atoms with Crippen LogP contribution in [0.5, 0.6) is 17.2 Å². The lowest BCUT2D eigenvalue weighted by Gasteiger charge is -2.33. The minimum atomic E-state index is -0.724. The zero-order valence-corrected chi connectivity index (χ0v) is 19.1. The van der Waals surface area contributed by atoms with Crippen molar-refractivity contribution in [1.29, 1.82) is 0 Å². The summed E-state index contributed by atoms with van der Waals surface area (Å²) in [5, 5.41) is 0. The Morgan fingerprint density at radius 1 is 1.12 bits per heavy atom. The fourth-order valence-electron chi connectivity index (χ4n) is 3.03. The van der Waals surface area contributed by atoms with E-state index in [1.807, 2.05) is 6.92 Å². The topological polar surface area (TPSA) is 63.2 Å². The summed E-state index contributed by atoms with van der Waals surface area (Å²) in [4.78, 5) is 11.9. The van der Waals surface area contributed by atoms with Gasteiger partial charge < -0.3 is 23.5 Å². The standard InChI is InChI=1S/C24H30BFO6/c1-5-6-13-28-23(27)17(2)31-19-8-10-20(11-9-19)32-22-12-7-18(14-21(22)26)25-29-15-24(3,4)16-30-25/h7-12,14,17H,5-6,13,15-16H2,1-4H3/t17-/m1/s1. The van der Waals surface area contributed by atoms with Gasteiger partial charge in [0.1, 0.15) is 11.5 Å². The SMILES string of the molecule is CCCCOC(=O)[C@@H](C)Oc1ccc(Oc2ccc(B3OCC(C)(C)CO3)cc2F)cc1. The van der Waals surface area contributed by atoms with Crippen molar-refractivity contribution < 1.29 is 32.7 Å². The van der Waals surface area contributed by atoms with Gasteiger partial charge in [-0.3, -0.25) is 0 Å². The van der Waals surface area contributed by atoms with Gasteiger partial charge in [0.15, 0.2) is 17.7 Å². The molecule has 0 saturated carbocycles. The van der Waals surface area contributed by atoms with Crippen molar-refractivity contribution in [3.8, 4) is 17.2 Å². The van der Waals surface area contributed by atoms with Gasteiger partial charge >= 0.3 is 13.1 Å². The number of carbonyl (C=O) groups is 1. The lowest BCUT2D eigenvalue weighted by atomic mass is 9.76. The Balaban J connectivity index is 1.55. The number of esters is 1. The van der Waals surface area contributed by atoms with E-state index in [4.69, 9.17) is 23.5 Å². The third-order valence-corrected chi connectivity index (χ3v) is 4.92. The quantitative estimate of drug-likeness (QED) is 0.323. The van der Waals surface area contributed by atoms with E-state index in [0.29, 0.717) is 36.8 Å². The molecule has 172 valence electrons. The van der Waals surface area contributed by atoms with E-state index < -0.39 is 25.0 Å². The number of hydrogen-bond acceptors (Lipinski definition) is 6. The molecule has 1 aliphatic heterocycles. The first-order valence-corrected chi connectivity index (χ1v) is 10.9. The molecule has 0 spiro atoms. The van der Waals surface area contributed by atoms with E-state index in [1.54, 1.807) is 43.3 Å². The van der Waals surface area contributed by atoms with Crippen LogP contribution in [0.4, 0.5) is 4.39 Å². The number of ether oxygens (including phenoxy) is 3. The van der Waals surface area contributed by atoms with Crippen LogP contribution in [0.3, 0.4) is 0 Å². The summed E-state index contributed by atoms with van der Waals surface area (Å²) >= 11 is 0. The molecule has 1 aliphatic rings. The third kappa shape index (κ3) is 6.71. The number of unbranched alkanes of at least 4 members (excludes halogenated alkanes) is 1. The molecular weight excluding hydrogens is 414 g/mol. The highest BCUT2D eigenvalue weighted by atomic mass is 19.1. The van der Waals surface area contributed by atoms with Gasteiger partial charge in [0.25, 0.3) is 0 Å². The highest BCUT2D eigenvalue weighted by Crippen LogP contribution is 2.27. The molecule has 1 heterocycles. The number of carbonyl (C=O) groups excluding carboxylic acids is 1. The molecule has 6 nitrogen and oxygen atoms in total. The Kier molecular flexibility index (Phi) is 8.15. The molecule has 0 amide bonds. The third-order valence-electron chi connectivity index (χ3n) is 4.92. The Hall–Kier alpha value is -2.58. The fourth-order valence-corrected chi connectivity index (χ4v) is 3.03. The van der Waals surface area contributed by atoms with E-state index in [1.165, 1.54) is 6.07 Å². The molecule has 0 unspecified atom stereocenters. The van der Waals surface area contributed by atoms with Crippen LogP contribution >= 0.6 is 0 Å². The van der Waals surface area contributed by atoms with Gasteiger partial charge in [-0.25, -0.2) is 9.18 Å². The van der Waals surface area contributed by atoms with E-state index in [0.717, 1.165) is 12.8 Å². The number of rotatable bonds is 9.